The Hall–Kier alpha value is -2.11. The van der Waals surface area contributed by atoms with Crippen LogP contribution in [-0.2, 0) is 4.79 Å². The molecule has 4 unspecified atom stereocenters. The highest BCUT2D eigenvalue weighted by Gasteiger charge is 2.55. The van der Waals surface area contributed by atoms with Gasteiger partial charge in [0.25, 0.3) is 5.91 Å². The molecule has 2 fully saturated rings. The number of carbonyl (C=O) groups is 1. The summed E-state index contributed by atoms with van der Waals surface area (Å²) < 4.78 is 13.2. The Labute approximate surface area is 140 Å². The highest BCUT2D eigenvalue weighted by Crippen LogP contribution is 2.54. The summed E-state index contributed by atoms with van der Waals surface area (Å²) in [5.41, 5.74) is 2.00. The molecule has 4 atom stereocenters. The van der Waals surface area contributed by atoms with Crippen LogP contribution in [0.4, 0.5) is 4.39 Å². The third-order valence-corrected chi connectivity index (χ3v) is 5.22. The zero-order valence-electron chi connectivity index (χ0n) is 14.1. The molecule has 0 spiro atoms. The van der Waals surface area contributed by atoms with E-state index in [1.165, 1.54) is 18.7 Å². The van der Waals surface area contributed by atoms with E-state index in [0.29, 0.717) is 23.2 Å². The van der Waals surface area contributed by atoms with Crippen molar-refractivity contribution in [2.75, 3.05) is 0 Å². The molecule has 1 aromatic heterocycles. The Kier molecular flexibility index (Phi) is 3.34. The van der Waals surface area contributed by atoms with Crippen molar-refractivity contribution in [2.24, 2.45) is 33.4 Å². The summed E-state index contributed by atoms with van der Waals surface area (Å²) >= 11 is 0. The molecule has 0 saturated heterocycles. The van der Waals surface area contributed by atoms with E-state index < -0.39 is 0 Å². The molecule has 2 saturated carbocycles. The third-order valence-electron chi connectivity index (χ3n) is 5.22. The van der Waals surface area contributed by atoms with Gasteiger partial charge in [-0.15, -0.1) is 5.10 Å². The van der Waals surface area contributed by atoms with Gasteiger partial charge in [0.05, 0.1) is 23.6 Å². The maximum absolute atomic E-state index is 13.2. The number of hydrogen-bond acceptors (Lipinski definition) is 4. The van der Waals surface area contributed by atoms with Crippen molar-refractivity contribution in [1.82, 2.24) is 10.3 Å². The van der Waals surface area contributed by atoms with Crippen LogP contribution >= 0.6 is 0 Å². The minimum absolute atomic E-state index is 0.0931. The van der Waals surface area contributed by atoms with Crippen molar-refractivity contribution >= 4 is 17.3 Å². The zero-order valence-corrected chi connectivity index (χ0v) is 14.1. The monoisotopic (exact) mass is 328 g/mol. The Bertz CT molecular complexity index is 747. The predicted octanol–water partition coefficient (Wildman–Crippen LogP) is 2.89. The number of pyridine rings is 1. The molecule has 2 heterocycles. The van der Waals surface area contributed by atoms with Gasteiger partial charge in [-0.05, 0) is 36.3 Å². The first-order valence-corrected chi connectivity index (χ1v) is 8.42. The van der Waals surface area contributed by atoms with Crippen LogP contribution in [0, 0.1) is 29.0 Å². The van der Waals surface area contributed by atoms with E-state index in [2.05, 4.69) is 20.5 Å². The quantitative estimate of drug-likeness (QED) is 0.927. The molecule has 0 radical (unpaired) electrons. The molecule has 2 aliphatic carbocycles. The summed E-state index contributed by atoms with van der Waals surface area (Å²) in [4.78, 5) is 16.9. The van der Waals surface area contributed by atoms with Gasteiger partial charge < -0.3 is 5.32 Å². The summed E-state index contributed by atoms with van der Waals surface area (Å²) in [6, 6.07) is 2.66. The van der Waals surface area contributed by atoms with Crippen LogP contribution in [0.2, 0.25) is 0 Å². The van der Waals surface area contributed by atoms with Gasteiger partial charge in [0.15, 0.2) is 0 Å². The second-order valence-corrected chi connectivity index (χ2v) is 8.07. The average molecular weight is 328 g/mol. The van der Waals surface area contributed by atoms with Crippen LogP contribution in [0.5, 0.6) is 0 Å². The lowest BCUT2D eigenvalue weighted by Crippen LogP contribution is -2.42. The van der Waals surface area contributed by atoms with Crippen LogP contribution in [0.3, 0.4) is 0 Å². The van der Waals surface area contributed by atoms with E-state index in [9.17, 15) is 9.18 Å². The summed E-state index contributed by atoms with van der Waals surface area (Å²) in [6.45, 7) is 6.06. The summed E-state index contributed by atoms with van der Waals surface area (Å²) in [6.07, 6.45) is 3.37. The summed E-state index contributed by atoms with van der Waals surface area (Å²) in [5, 5.41) is 11.5. The van der Waals surface area contributed by atoms with Crippen molar-refractivity contribution in [2.45, 2.75) is 39.7 Å². The fraction of sp³-hybridized carbons (Fsp3) is 0.556. The van der Waals surface area contributed by atoms with E-state index in [1.54, 1.807) is 6.07 Å². The fourth-order valence-electron chi connectivity index (χ4n) is 3.83. The standard InChI is InChI=1S/C18H21FN4O/c1-18(2,3)16(13-5-4-10(19)8-20-13)21-17(24)15-12-7-9-6-11(9)14(12)22-23-15/h4-5,8-9,11-12,16H,6-7H2,1-3H3,(H,21,24). The largest absolute Gasteiger partial charge is 0.342 e. The SMILES string of the molecule is CC(C)(C)C(NC(=O)C1=NN=C2C1CC1CC21)c1ccc(F)cn1. The van der Waals surface area contributed by atoms with Gasteiger partial charge >= 0.3 is 0 Å². The van der Waals surface area contributed by atoms with Gasteiger partial charge in [0.1, 0.15) is 11.5 Å². The second kappa shape index (κ2) is 5.19. The number of aromatic nitrogens is 1. The average Bonchev–Trinajstić information content (AvgIpc) is 3.00. The molecule has 126 valence electrons. The number of fused-ring (bicyclic) bond motifs is 3. The van der Waals surface area contributed by atoms with Crippen LogP contribution in [0.1, 0.15) is 45.3 Å². The Morgan fingerprint density at radius 3 is 2.75 bits per heavy atom. The van der Waals surface area contributed by atoms with Crippen molar-refractivity contribution in [1.29, 1.82) is 0 Å². The van der Waals surface area contributed by atoms with E-state index >= 15 is 0 Å². The van der Waals surface area contributed by atoms with Crippen LogP contribution in [-0.4, -0.2) is 22.3 Å². The zero-order chi connectivity index (χ0) is 17.1. The van der Waals surface area contributed by atoms with Gasteiger partial charge in [0.2, 0.25) is 0 Å². The van der Waals surface area contributed by atoms with E-state index in [0.717, 1.165) is 12.1 Å². The third kappa shape index (κ3) is 2.54. The first-order chi connectivity index (χ1) is 11.3. The number of halogens is 1. The highest BCUT2D eigenvalue weighted by molar-refractivity contribution is 6.45. The van der Waals surface area contributed by atoms with Gasteiger partial charge in [0, 0.05) is 11.8 Å². The van der Waals surface area contributed by atoms with Gasteiger partial charge in [-0.25, -0.2) is 4.39 Å². The molecule has 1 N–H and O–H groups in total. The number of rotatable bonds is 3. The number of hydrogen-bond donors (Lipinski definition) is 1. The Balaban J connectivity index is 1.53. The van der Waals surface area contributed by atoms with Crippen molar-refractivity contribution < 1.29 is 9.18 Å². The molecule has 1 aliphatic heterocycles. The molecule has 24 heavy (non-hydrogen) atoms. The summed E-state index contributed by atoms with van der Waals surface area (Å²) in [5.74, 6) is 0.772. The van der Waals surface area contributed by atoms with Crippen molar-refractivity contribution in [3.63, 3.8) is 0 Å². The number of nitrogens with one attached hydrogen (secondary N) is 1. The minimum atomic E-state index is -0.388. The Morgan fingerprint density at radius 1 is 1.29 bits per heavy atom. The molecular formula is C18H21FN4O. The van der Waals surface area contributed by atoms with Crippen LogP contribution in [0.25, 0.3) is 0 Å². The number of nitrogens with zero attached hydrogens (tertiary/aromatic N) is 3. The fourth-order valence-corrected chi connectivity index (χ4v) is 3.83. The normalized spacial score (nSPS) is 28.6. The van der Waals surface area contributed by atoms with Crippen molar-refractivity contribution in [3.8, 4) is 0 Å². The second-order valence-electron chi connectivity index (χ2n) is 8.07. The van der Waals surface area contributed by atoms with Crippen LogP contribution < -0.4 is 5.32 Å². The molecule has 0 bridgehead atoms. The highest BCUT2D eigenvalue weighted by atomic mass is 19.1. The van der Waals surface area contributed by atoms with Gasteiger partial charge in [-0.3, -0.25) is 9.78 Å². The van der Waals surface area contributed by atoms with Gasteiger partial charge in [-0.2, -0.15) is 5.10 Å². The molecule has 4 rings (SSSR count). The molecule has 0 aromatic carbocycles. The molecule has 6 heteroatoms. The first kappa shape index (κ1) is 15.4. The molecule has 3 aliphatic rings. The minimum Gasteiger partial charge on any atom is -0.342 e. The maximum atomic E-state index is 13.2. The molecule has 1 aromatic rings. The van der Waals surface area contributed by atoms with E-state index in [1.807, 2.05) is 20.8 Å². The predicted molar refractivity (Wildman–Crippen MR) is 89.1 cm³/mol. The smallest absolute Gasteiger partial charge is 0.268 e. The molecule has 5 nitrogen and oxygen atoms in total. The lowest BCUT2D eigenvalue weighted by Gasteiger charge is -2.31. The number of amides is 1. The van der Waals surface area contributed by atoms with Crippen LogP contribution in [0.15, 0.2) is 28.5 Å². The van der Waals surface area contributed by atoms with Gasteiger partial charge in [-0.1, -0.05) is 20.8 Å². The molecular weight excluding hydrogens is 307 g/mol. The van der Waals surface area contributed by atoms with E-state index in [4.69, 9.17) is 0 Å². The van der Waals surface area contributed by atoms with Crippen molar-refractivity contribution in [3.05, 3.63) is 29.8 Å². The van der Waals surface area contributed by atoms with E-state index in [-0.39, 0.29) is 29.1 Å². The first-order valence-electron chi connectivity index (χ1n) is 8.42. The summed E-state index contributed by atoms with van der Waals surface area (Å²) in [7, 11) is 0. The lowest BCUT2D eigenvalue weighted by atomic mass is 9.84. The lowest BCUT2D eigenvalue weighted by molar-refractivity contribution is -0.116. The number of carbonyl (C=O) groups excluding carboxylic acids is 1. The topological polar surface area (TPSA) is 66.7 Å². The Morgan fingerprint density at radius 2 is 2.08 bits per heavy atom. The maximum Gasteiger partial charge on any atom is 0.268 e. The molecule has 1 amide bonds.